The smallest absolute Gasteiger partial charge is 0.220 e. The molecule has 1 heterocycles. The van der Waals surface area contributed by atoms with Crippen molar-refractivity contribution >= 4 is 17.3 Å². The summed E-state index contributed by atoms with van der Waals surface area (Å²) in [4.78, 5) is 12.8. The van der Waals surface area contributed by atoms with Crippen LogP contribution in [0.1, 0.15) is 12.8 Å². The third-order valence-corrected chi connectivity index (χ3v) is 3.31. The van der Waals surface area contributed by atoms with Crippen LogP contribution in [-0.4, -0.2) is 19.0 Å². The number of amides is 1. The van der Waals surface area contributed by atoms with Gasteiger partial charge < -0.3 is 16.4 Å². The predicted molar refractivity (Wildman–Crippen MR) is 64.9 cm³/mol. The number of carbonyl (C=O) groups excluding carboxylic acids is 1. The van der Waals surface area contributed by atoms with E-state index < -0.39 is 11.6 Å². The highest BCUT2D eigenvalue weighted by Crippen LogP contribution is 2.30. The molecule has 4 nitrogen and oxygen atoms in total. The topological polar surface area (TPSA) is 72.4 Å². The van der Waals surface area contributed by atoms with Crippen LogP contribution in [0.2, 0.25) is 0 Å². The lowest BCUT2D eigenvalue weighted by molar-refractivity contribution is -0.122. The van der Waals surface area contributed by atoms with Gasteiger partial charge in [-0.3, -0.25) is 4.79 Å². The minimum absolute atomic E-state index is 0.0612. The molecule has 0 bridgehead atoms. The lowest BCUT2D eigenvalue weighted by Crippen LogP contribution is -2.39. The number of rotatable bonds is 2. The van der Waals surface area contributed by atoms with E-state index in [2.05, 4.69) is 0 Å². The lowest BCUT2D eigenvalue weighted by Gasteiger charge is -2.33. The summed E-state index contributed by atoms with van der Waals surface area (Å²) in [5, 5.41) is 0. The third-order valence-electron chi connectivity index (χ3n) is 3.31. The quantitative estimate of drug-likeness (QED) is 0.781. The van der Waals surface area contributed by atoms with Gasteiger partial charge in [-0.1, -0.05) is 0 Å². The molecule has 1 fully saturated rings. The van der Waals surface area contributed by atoms with Crippen molar-refractivity contribution in [2.75, 3.05) is 23.7 Å². The Hall–Kier alpha value is -1.85. The number of halogens is 2. The summed E-state index contributed by atoms with van der Waals surface area (Å²) in [6, 6.07) is 1.97. The molecule has 1 aromatic carbocycles. The van der Waals surface area contributed by atoms with Gasteiger partial charge in [0.25, 0.3) is 0 Å². The van der Waals surface area contributed by atoms with Crippen LogP contribution in [0.5, 0.6) is 0 Å². The maximum absolute atomic E-state index is 13.3. The molecule has 0 unspecified atom stereocenters. The summed E-state index contributed by atoms with van der Waals surface area (Å²) in [6.07, 6.45) is 1.15. The van der Waals surface area contributed by atoms with Crippen molar-refractivity contribution in [2.45, 2.75) is 12.8 Å². The van der Waals surface area contributed by atoms with E-state index in [1.807, 2.05) is 0 Å². The molecule has 0 atom stereocenters. The number of hydrogen-bond donors (Lipinski definition) is 2. The zero-order valence-corrected chi connectivity index (χ0v) is 9.83. The van der Waals surface area contributed by atoms with Crippen LogP contribution in [0, 0.1) is 17.6 Å². The molecule has 1 amide bonds. The monoisotopic (exact) mass is 255 g/mol. The van der Waals surface area contributed by atoms with Gasteiger partial charge in [-0.25, -0.2) is 8.78 Å². The summed E-state index contributed by atoms with van der Waals surface area (Å²) < 4.78 is 26.5. The van der Waals surface area contributed by atoms with Crippen LogP contribution < -0.4 is 16.4 Å². The van der Waals surface area contributed by atoms with Gasteiger partial charge >= 0.3 is 0 Å². The number of anilines is 2. The van der Waals surface area contributed by atoms with Crippen LogP contribution >= 0.6 is 0 Å². The van der Waals surface area contributed by atoms with Crippen LogP contribution in [0.4, 0.5) is 20.2 Å². The highest BCUT2D eigenvalue weighted by Gasteiger charge is 2.25. The summed E-state index contributed by atoms with van der Waals surface area (Å²) in [5.41, 5.74) is 11.1. The van der Waals surface area contributed by atoms with Crippen molar-refractivity contribution in [2.24, 2.45) is 11.7 Å². The molecular weight excluding hydrogens is 240 g/mol. The first-order valence-corrected chi connectivity index (χ1v) is 5.78. The molecule has 2 rings (SSSR count). The van der Waals surface area contributed by atoms with Crippen LogP contribution in [-0.2, 0) is 4.79 Å². The van der Waals surface area contributed by atoms with Gasteiger partial charge in [0.15, 0.2) is 5.82 Å². The van der Waals surface area contributed by atoms with Crippen LogP contribution in [0.15, 0.2) is 12.1 Å². The molecule has 6 heteroatoms. The molecule has 0 aliphatic carbocycles. The average molecular weight is 255 g/mol. The van der Waals surface area contributed by atoms with E-state index >= 15 is 0 Å². The maximum Gasteiger partial charge on any atom is 0.220 e. The zero-order chi connectivity index (χ0) is 13.3. The van der Waals surface area contributed by atoms with E-state index in [9.17, 15) is 13.6 Å². The Labute approximate surface area is 104 Å². The summed E-state index contributed by atoms with van der Waals surface area (Å²) >= 11 is 0. The molecule has 0 radical (unpaired) electrons. The Morgan fingerprint density at radius 2 is 1.89 bits per heavy atom. The van der Waals surface area contributed by atoms with E-state index in [1.165, 1.54) is 6.07 Å². The number of benzene rings is 1. The van der Waals surface area contributed by atoms with E-state index in [-0.39, 0.29) is 17.5 Å². The number of nitrogen functional groups attached to an aromatic ring is 1. The van der Waals surface area contributed by atoms with Gasteiger partial charge in [0.05, 0.1) is 11.4 Å². The minimum Gasteiger partial charge on any atom is -0.395 e. The number of nitrogens with zero attached hydrogens (tertiary/aromatic N) is 1. The first kappa shape index (κ1) is 12.6. The van der Waals surface area contributed by atoms with Gasteiger partial charge in [0.1, 0.15) is 5.82 Å². The second-order valence-corrected chi connectivity index (χ2v) is 4.48. The molecule has 18 heavy (non-hydrogen) atoms. The number of carbonyl (C=O) groups is 1. The molecular formula is C12H15F2N3O. The first-order valence-electron chi connectivity index (χ1n) is 5.78. The lowest BCUT2D eigenvalue weighted by atomic mass is 9.96. The Balaban J connectivity index is 2.17. The average Bonchev–Trinajstić information content (AvgIpc) is 2.34. The Morgan fingerprint density at radius 3 is 2.44 bits per heavy atom. The third kappa shape index (κ3) is 2.37. The van der Waals surface area contributed by atoms with E-state index in [4.69, 9.17) is 11.5 Å². The van der Waals surface area contributed by atoms with Crippen molar-refractivity contribution in [3.63, 3.8) is 0 Å². The minimum atomic E-state index is -0.762. The van der Waals surface area contributed by atoms with Crippen molar-refractivity contribution in [3.8, 4) is 0 Å². The molecule has 1 aliphatic heterocycles. The SMILES string of the molecule is NC(=O)C1CCN(c2cc(F)cc(F)c2N)CC1. The number of piperidine rings is 1. The molecule has 98 valence electrons. The molecule has 4 N–H and O–H groups in total. The van der Waals surface area contributed by atoms with Crippen molar-refractivity contribution in [1.29, 1.82) is 0 Å². The molecule has 1 aliphatic rings. The second kappa shape index (κ2) is 4.80. The number of hydrogen-bond acceptors (Lipinski definition) is 3. The van der Waals surface area contributed by atoms with E-state index in [0.717, 1.165) is 6.07 Å². The number of nitrogens with two attached hydrogens (primary N) is 2. The van der Waals surface area contributed by atoms with Crippen LogP contribution in [0.3, 0.4) is 0 Å². The Kier molecular flexibility index (Phi) is 3.36. The molecule has 0 spiro atoms. The Morgan fingerprint density at radius 1 is 1.28 bits per heavy atom. The molecule has 1 aromatic rings. The van der Waals surface area contributed by atoms with E-state index in [0.29, 0.717) is 31.6 Å². The molecule has 0 saturated carbocycles. The summed E-state index contributed by atoms with van der Waals surface area (Å²) in [7, 11) is 0. The maximum atomic E-state index is 13.3. The van der Waals surface area contributed by atoms with Crippen molar-refractivity contribution < 1.29 is 13.6 Å². The highest BCUT2D eigenvalue weighted by atomic mass is 19.1. The summed E-state index contributed by atoms with van der Waals surface area (Å²) in [6.45, 7) is 1.03. The molecule has 1 saturated heterocycles. The largest absolute Gasteiger partial charge is 0.395 e. The van der Waals surface area contributed by atoms with Gasteiger partial charge in [-0.15, -0.1) is 0 Å². The molecule has 0 aromatic heterocycles. The van der Waals surface area contributed by atoms with Gasteiger partial charge in [-0.2, -0.15) is 0 Å². The fraction of sp³-hybridized carbons (Fsp3) is 0.417. The van der Waals surface area contributed by atoms with Crippen molar-refractivity contribution in [3.05, 3.63) is 23.8 Å². The number of primary amides is 1. The highest BCUT2D eigenvalue weighted by molar-refractivity contribution is 5.77. The predicted octanol–water partition coefficient (Wildman–Crippen LogP) is 1.25. The second-order valence-electron chi connectivity index (χ2n) is 4.48. The normalized spacial score (nSPS) is 16.9. The fourth-order valence-corrected chi connectivity index (χ4v) is 2.24. The van der Waals surface area contributed by atoms with Gasteiger partial charge in [0.2, 0.25) is 5.91 Å². The standard InChI is InChI=1S/C12H15F2N3O/c13-8-5-9(14)11(15)10(6-8)17-3-1-7(2-4-17)12(16)18/h5-7H,1-4,15H2,(H2,16,18). The van der Waals surface area contributed by atoms with Crippen LogP contribution in [0.25, 0.3) is 0 Å². The fourth-order valence-electron chi connectivity index (χ4n) is 2.24. The van der Waals surface area contributed by atoms with Crippen molar-refractivity contribution in [1.82, 2.24) is 0 Å². The zero-order valence-electron chi connectivity index (χ0n) is 9.83. The van der Waals surface area contributed by atoms with E-state index in [1.54, 1.807) is 4.90 Å². The van der Waals surface area contributed by atoms with Gasteiger partial charge in [0, 0.05) is 25.1 Å². The Bertz CT molecular complexity index is 471. The van der Waals surface area contributed by atoms with Gasteiger partial charge in [-0.05, 0) is 18.9 Å². The first-order chi connectivity index (χ1) is 8.49. The summed E-state index contributed by atoms with van der Waals surface area (Å²) in [5.74, 6) is -1.91.